The number of ketones is 1. The van der Waals surface area contributed by atoms with Crippen LogP contribution in [0.25, 0.3) is 0 Å². The molecule has 0 aliphatic rings. The molecule has 0 heterocycles. The number of hydrogen-bond acceptors (Lipinski definition) is 8. The number of carbonyl (C=O) groups is 5. The first-order valence-corrected chi connectivity index (χ1v) is 9.95. The highest BCUT2D eigenvalue weighted by Gasteiger charge is 2.23. The fourth-order valence-corrected chi connectivity index (χ4v) is 2.39. The molecule has 0 spiro atoms. The van der Waals surface area contributed by atoms with Crippen molar-refractivity contribution in [3.8, 4) is 0 Å². The summed E-state index contributed by atoms with van der Waals surface area (Å²) >= 11 is 0. The lowest BCUT2D eigenvalue weighted by molar-refractivity contribution is -0.150. The Kier molecular flexibility index (Phi) is 11.8. The molecule has 0 radical (unpaired) electrons. The molecule has 3 N–H and O–H groups in total. The minimum Gasteiger partial charge on any atom is -0.462 e. The van der Waals surface area contributed by atoms with Gasteiger partial charge in [0, 0.05) is 18.4 Å². The molecule has 32 heavy (non-hydrogen) atoms. The number of alkyl carbamates (subject to hydrolysis) is 1. The predicted octanol–water partition coefficient (Wildman–Crippen LogP) is 1.56. The Hall–Kier alpha value is -3.69. The van der Waals surface area contributed by atoms with Crippen LogP contribution in [0.2, 0.25) is 0 Å². The zero-order chi connectivity index (χ0) is 23.9. The lowest BCUT2D eigenvalue weighted by Crippen LogP contribution is -2.41. The summed E-state index contributed by atoms with van der Waals surface area (Å²) in [6.45, 7) is 4.61. The average Bonchev–Trinajstić information content (AvgIpc) is 2.76. The van der Waals surface area contributed by atoms with Gasteiger partial charge in [-0.1, -0.05) is 36.9 Å². The largest absolute Gasteiger partial charge is 0.462 e. The molecule has 0 aliphatic heterocycles. The van der Waals surface area contributed by atoms with E-state index in [1.807, 2.05) is 6.07 Å². The number of nitrogens with two attached hydrogens (primary N) is 1. The maximum Gasteiger partial charge on any atom is 0.408 e. The second-order valence-electron chi connectivity index (χ2n) is 6.87. The lowest BCUT2D eigenvalue weighted by atomic mass is 10.0. The van der Waals surface area contributed by atoms with Crippen LogP contribution in [-0.2, 0) is 40.0 Å². The Morgan fingerprint density at radius 3 is 2.25 bits per heavy atom. The van der Waals surface area contributed by atoms with Crippen LogP contribution in [0.1, 0.15) is 38.2 Å². The van der Waals surface area contributed by atoms with E-state index in [9.17, 15) is 24.0 Å². The van der Waals surface area contributed by atoms with E-state index >= 15 is 0 Å². The van der Waals surface area contributed by atoms with Crippen LogP contribution in [0.5, 0.6) is 0 Å². The number of rotatable bonds is 14. The molecule has 1 atom stereocenters. The first-order chi connectivity index (χ1) is 15.2. The quantitative estimate of drug-likeness (QED) is 0.188. The molecule has 0 fully saturated rings. The molecule has 10 heteroatoms. The molecule has 1 aromatic rings. The molecule has 0 aliphatic carbocycles. The smallest absolute Gasteiger partial charge is 0.408 e. The maximum atomic E-state index is 12.5. The highest BCUT2D eigenvalue weighted by Crippen LogP contribution is 2.07. The number of benzene rings is 1. The van der Waals surface area contributed by atoms with Crippen LogP contribution >= 0.6 is 0 Å². The van der Waals surface area contributed by atoms with Crippen LogP contribution in [0.15, 0.2) is 42.5 Å². The number of ether oxygens (including phenoxy) is 3. The van der Waals surface area contributed by atoms with E-state index < -0.39 is 35.8 Å². The van der Waals surface area contributed by atoms with Gasteiger partial charge in [0.1, 0.15) is 19.8 Å². The van der Waals surface area contributed by atoms with Crippen molar-refractivity contribution in [3.05, 3.63) is 48.0 Å². The summed E-state index contributed by atoms with van der Waals surface area (Å²) in [4.78, 5) is 58.6. The molecule has 0 saturated carbocycles. The molecule has 0 aromatic heterocycles. The Bertz CT molecular complexity index is 822. The van der Waals surface area contributed by atoms with Gasteiger partial charge in [-0.2, -0.15) is 0 Å². The van der Waals surface area contributed by atoms with Crippen LogP contribution in [0.4, 0.5) is 4.79 Å². The van der Waals surface area contributed by atoms with Crippen molar-refractivity contribution in [2.45, 2.75) is 45.3 Å². The molecule has 1 rings (SSSR count). The zero-order valence-corrected chi connectivity index (χ0v) is 18.0. The van der Waals surface area contributed by atoms with Gasteiger partial charge in [-0.05, 0) is 18.9 Å². The summed E-state index contributed by atoms with van der Waals surface area (Å²) in [6, 6.07) is 7.90. The van der Waals surface area contributed by atoms with Gasteiger partial charge in [0.05, 0.1) is 12.5 Å². The molecule has 1 aromatic carbocycles. The monoisotopic (exact) mass is 448 g/mol. The van der Waals surface area contributed by atoms with E-state index in [1.54, 1.807) is 24.3 Å². The fourth-order valence-electron chi connectivity index (χ4n) is 2.39. The Labute approximate surface area is 186 Å². The molecule has 174 valence electrons. The Morgan fingerprint density at radius 1 is 0.969 bits per heavy atom. The Morgan fingerprint density at radius 2 is 1.62 bits per heavy atom. The van der Waals surface area contributed by atoms with Crippen molar-refractivity contribution in [1.82, 2.24) is 5.32 Å². The second-order valence-corrected chi connectivity index (χ2v) is 6.87. The maximum absolute atomic E-state index is 12.5. The van der Waals surface area contributed by atoms with Gasteiger partial charge in [0.2, 0.25) is 5.91 Å². The standard InChI is InChI=1S/C22H28N2O8/c1-15(2)21(28)31-13-12-30-20(27)11-9-18(25)17(8-10-19(23)26)24-22(29)32-14-16-6-4-3-5-7-16/h3-7,17H,1,8-14H2,2H3,(H2,23,26)(H,24,29)/t17-/m0/s1. The number of carbonyl (C=O) groups excluding carboxylic acids is 5. The van der Waals surface area contributed by atoms with Gasteiger partial charge in [0.25, 0.3) is 0 Å². The van der Waals surface area contributed by atoms with Gasteiger partial charge in [0.15, 0.2) is 5.78 Å². The van der Waals surface area contributed by atoms with Gasteiger partial charge in [-0.15, -0.1) is 0 Å². The van der Waals surface area contributed by atoms with Crippen LogP contribution in [-0.4, -0.2) is 49.0 Å². The SMILES string of the molecule is C=C(C)C(=O)OCCOC(=O)CCC(=O)[C@H](CCC(N)=O)NC(=O)OCc1ccccc1. The van der Waals surface area contributed by atoms with Crippen LogP contribution in [0, 0.1) is 0 Å². The highest BCUT2D eigenvalue weighted by molar-refractivity contribution is 5.90. The van der Waals surface area contributed by atoms with Crippen molar-refractivity contribution < 1.29 is 38.2 Å². The first-order valence-electron chi connectivity index (χ1n) is 9.95. The highest BCUT2D eigenvalue weighted by atomic mass is 16.6. The second kappa shape index (κ2) is 14.3. The summed E-state index contributed by atoms with van der Waals surface area (Å²) in [6.07, 6.45) is -1.47. The summed E-state index contributed by atoms with van der Waals surface area (Å²) in [5, 5.41) is 2.41. The fraction of sp³-hybridized carbons (Fsp3) is 0.409. The van der Waals surface area contributed by atoms with E-state index in [4.69, 9.17) is 19.9 Å². The summed E-state index contributed by atoms with van der Waals surface area (Å²) in [5.74, 6) is -2.39. The van der Waals surface area contributed by atoms with Crippen molar-refractivity contribution in [2.24, 2.45) is 5.73 Å². The third-order valence-electron chi connectivity index (χ3n) is 4.08. The minimum atomic E-state index is -1.05. The van der Waals surface area contributed by atoms with Gasteiger partial charge >= 0.3 is 18.0 Å². The topological polar surface area (TPSA) is 151 Å². The minimum absolute atomic E-state index is 0.00564. The number of esters is 2. The molecule has 2 amide bonds. The van der Waals surface area contributed by atoms with Gasteiger partial charge < -0.3 is 25.3 Å². The van der Waals surface area contributed by atoms with Crippen LogP contribution in [0.3, 0.4) is 0 Å². The normalized spacial score (nSPS) is 11.0. The van der Waals surface area contributed by atoms with E-state index in [-0.39, 0.29) is 51.1 Å². The van der Waals surface area contributed by atoms with Crippen molar-refractivity contribution >= 4 is 29.7 Å². The van der Waals surface area contributed by atoms with E-state index in [2.05, 4.69) is 11.9 Å². The summed E-state index contributed by atoms with van der Waals surface area (Å²) in [5.41, 5.74) is 6.11. The summed E-state index contributed by atoms with van der Waals surface area (Å²) < 4.78 is 14.8. The molecular formula is C22H28N2O8. The van der Waals surface area contributed by atoms with Crippen LogP contribution < -0.4 is 11.1 Å². The van der Waals surface area contributed by atoms with E-state index in [0.717, 1.165) is 5.56 Å². The first kappa shape index (κ1) is 26.3. The molecular weight excluding hydrogens is 420 g/mol. The number of amides is 2. The van der Waals surface area contributed by atoms with E-state index in [1.165, 1.54) is 6.92 Å². The van der Waals surface area contributed by atoms with Gasteiger partial charge in [-0.3, -0.25) is 14.4 Å². The number of hydrogen-bond donors (Lipinski definition) is 2. The molecule has 0 unspecified atom stereocenters. The Balaban J connectivity index is 2.45. The molecule has 0 saturated heterocycles. The number of Topliss-reactive ketones (excluding diaryl/α,β-unsaturated/α-hetero) is 1. The number of primary amides is 1. The summed E-state index contributed by atoms with van der Waals surface area (Å²) in [7, 11) is 0. The molecule has 10 nitrogen and oxygen atoms in total. The number of nitrogens with one attached hydrogen (secondary N) is 1. The third kappa shape index (κ3) is 11.5. The lowest BCUT2D eigenvalue weighted by Gasteiger charge is -2.17. The van der Waals surface area contributed by atoms with Crippen molar-refractivity contribution in [3.63, 3.8) is 0 Å². The predicted molar refractivity (Wildman–Crippen MR) is 113 cm³/mol. The van der Waals surface area contributed by atoms with Crippen molar-refractivity contribution in [2.75, 3.05) is 13.2 Å². The zero-order valence-electron chi connectivity index (χ0n) is 18.0. The molecule has 0 bridgehead atoms. The van der Waals surface area contributed by atoms with Crippen molar-refractivity contribution in [1.29, 1.82) is 0 Å². The van der Waals surface area contributed by atoms with E-state index in [0.29, 0.717) is 0 Å². The third-order valence-corrected chi connectivity index (χ3v) is 4.08. The van der Waals surface area contributed by atoms with Gasteiger partial charge in [-0.25, -0.2) is 9.59 Å². The average molecular weight is 448 g/mol.